The Morgan fingerprint density at radius 2 is 1.67 bits per heavy atom. The van der Waals surface area contributed by atoms with Crippen molar-refractivity contribution in [2.45, 2.75) is 85.0 Å². The first kappa shape index (κ1) is 18.1. The third-order valence-corrected chi connectivity index (χ3v) is 4.69. The first-order valence-corrected chi connectivity index (χ1v) is 8.84. The van der Waals surface area contributed by atoms with Gasteiger partial charge in [-0.1, -0.05) is 83.9 Å². The molecule has 2 unspecified atom stereocenters. The summed E-state index contributed by atoms with van der Waals surface area (Å²) in [5.41, 5.74) is 2.11. The van der Waals surface area contributed by atoms with Crippen LogP contribution in [-0.4, -0.2) is 5.11 Å². The van der Waals surface area contributed by atoms with Gasteiger partial charge < -0.3 is 5.11 Å². The van der Waals surface area contributed by atoms with Gasteiger partial charge in [-0.15, -0.1) is 0 Å². The minimum atomic E-state index is 0.451. The summed E-state index contributed by atoms with van der Waals surface area (Å²) >= 11 is 0. The molecule has 1 aromatic carbocycles. The molecule has 0 aliphatic rings. The topological polar surface area (TPSA) is 20.2 Å². The monoisotopic (exact) mass is 290 g/mol. The second-order valence-corrected chi connectivity index (χ2v) is 6.80. The van der Waals surface area contributed by atoms with Gasteiger partial charge in [0, 0.05) is 0 Å². The zero-order valence-corrected chi connectivity index (χ0v) is 14.5. The van der Waals surface area contributed by atoms with Gasteiger partial charge >= 0.3 is 0 Å². The summed E-state index contributed by atoms with van der Waals surface area (Å²) in [6, 6.07) is 6.10. The van der Waals surface area contributed by atoms with Gasteiger partial charge in [-0.25, -0.2) is 0 Å². The highest BCUT2D eigenvalue weighted by molar-refractivity contribution is 5.41. The van der Waals surface area contributed by atoms with E-state index in [0.717, 1.165) is 17.0 Å². The van der Waals surface area contributed by atoms with Crippen LogP contribution in [0.3, 0.4) is 0 Å². The van der Waals surface area contributed by atoms with Gasteiger partial charge in [-0.2, -0.15) is 0 Å². The van der Waals surface area contributed by atoms with Crippen molar-refractivity contribution in [3.63, 3.8) is 0 Å². The molecule has 0 saturated heterocycles. The molecule has 1 nitrogen and oxygen atoms in total. The average molecular weight is 290 g/mol. The largest absolute Gasteiger partial charge is 0.507 e. The maximum atomic E-state index is 10.2. The smallest absolute Gasteiger partial charge is 0.121 e. The number of unbranched alkanes of at least 4 members (excludes halogenated alkanes) is 4. The second kappa shape index (κ2) is 9.87. The second-order valence-electron chi connectivity index (χ2n) is 6.80. The summed E-state index contributed by atoms with van der Waals surface area (Å²) in [5.74, 6) is 1.76. The Balaban J connectivity index is 2.29. The van der Waals surface area contributed by atoms with Crippen LogP contribution in [0.15, 0.2) is 18.2 Å². The van der Waals surface area contributed by atoms with Gasteiger partial charge in [0.15, 0.2) is 0 Å². The fourth-order valence-corrected chi connectivity index (χ4v) is 3.01. The highest BCUT2D eigenvalue weighted by Crippen LogP contribution is 2.32. The maximum Gasteiger partial charge on any atom is 0.121 e. The van der Waals surface area contributed by atoms with E-state index in [1.165, 1.54) is 51.4 Å². The van der Waals surface area contributed by atoms with Crippen molar-refractivity contribution in [2.24, 2.45) is 5.92 Å². The van der Waals surface area contributed by atoms with Crippen LogP contribution in [0.25, 0.3) is 0 Å². The summed E-state index contributed by atoms with van der Waals surface area (Å²) in [6.07, 6.45) is 10.7. The SMILES string of the molecule is CCCCCCCC(C)CCC(C)c1cccc(C)c1O. The van der Waals surface area contributed by atoms with E-state index in [2.05, 4.69) is 32.9 Å². The molecule has 1 rings (SSSR count). The summed E-state index contributed by atoms with van der Waals surface area (Å²) in [5, 5.41) is 10.2. The third-order valence-electron chi connectivity index (χ3n) is 4.69. The number of benzene rings is 1. The predicted molar refractivity (Wildman–Crippen MR) is 93.0 cm³/mol. The Labute approximate surface area is 131 Å². The molecular weight excluding hydrogens is 256 g/mol. The molecular formula is C20H34O. The fraction of sp³-hybridized carbons (Fsp3) is 0.700. The van der Waals surface area contributed by atoms with E-state index in [1.54, 1.807) is 0 Å². The minimum absolute atomic E-state index is 0.451. The summed E-state index contributed by atoms with van der Waals surface area (Å²) in [6.45, 7) is 8.86. The van der Waals surface area contributed by atoms with Crippen LogP contribution in [0.2, 0.25) is 0 Å². The zero-order valence-electron chi connectivity index (χ0n) is 14.5. The Morgan fingerprint density at radius 3 is 2.38 bits per heavy atom. The molecule has 1 heteroatoms. The third kappa shape index (κ3) is 6.54. The lowest BCUT2D eigenvalue weighted by Crippen LogP contribution is -2.01. The molecule has 0 bridgehead atoms. The van der Waals surface area contributed by atoms with Crippen LogP contribution < -0.4 is 0 Å². The Morgan fingerprint density at radius 1 is 0.952 bits per heavy atom. The van der Waals surface area contributed by atoms with Crippen molar-refractivity contribution in [3.8, 4) is 5.75 Å². The van der Waals surface area contributed by atoms with Crippen LogP contribution in [0.1, 0.15) is 89.2 Å². The van der Waals surface area contributed by atoms with Crippen LogP contribution >= 0.6 is 0 Å². The highest BCUT2D eigenvalue weighted by Gasteiger charge is 2.13. The molecule has 0 aromatic heterocycles. The number of aromatic hydroxyl groups is 1. The van der Waals surface area contributed by atoms with Crippen molar-refractivity contribution in [1.29, 1.82) is 0 Å². The van der Waals surface area contributed by atoms with Crippen LogP contribution in [0.4, 0.5) is 0 Å². The molecule has 2 atom stereocenters. The van der Waals surface area contributed by atoms with Gasteiger partial charge in [0.2, 0.25) is 0 Å². The number of phenols is 1. The van der Waals surface area contributed by atoms with Gasteiger partial charge in [0.05, 0.1) is 0 Å². The molecule has 0 saturated carbocycles. The van der Waals surface area contributed by atoms with Crippen LogP contribution in [0.5, 0.6) is 5.75 Å². The quantitative estimate of drug-likeness (QED) is 0.482. The molecule has 0 spiro atoms. The van der Waals surface area contributed by atoms with Gasteiger partial charge in [-0.3, -0.25) is 0 Å². The number of para-hydroxylation sites is 1. The Hall–Kier alpha value is -0.980. The summed E-state index contributed by atoms with van der Waals surface area (Å²) in [4.78, 5) is 0. The molecule has 0 heterocycles. The van der Waals surface area contributed by atoms with Crippen molar-refractivity contribution >= 4 is 0 Å². The van der Waals surface area contributed by atoms with Crippen molar-refractivity contribution < 1.29 is 5.11 Å². The first-order chi connectivity index (χ1) is 10.1. The number of rotatable bonds is 10. The summed E-state index contributed by atoms with van der Waals surface area (Å²) < 4.78 is 0. The van der Waals surface area contributed by atoms with E-state index in [0.29, 0.717) is 11.7 Å². The number of hydrogen-bond acceptors (Lipinski definition) is 1. The molecule has 0 amide bonds. The number of hydrogen-bond donors (Lipinski definition) is 1. The molecule has 0 aliphatic heterocycles. The minimum Gasteiger partial charge on any atom is -0.507 e. The van der Waals surface area contributed by atoms with Crippen molar-refractivity contribution in [3.05, 3.63) is 29.3 Å². The van der Waals surface area contributed by atoms with Gasteiger partial charge in [0.25, 0.3) is 0 Å². The normalized spacial score (nSPS) is 14.1. The van der Waals surface area contributed by atoms with Crippen molar-refractivity contribution in [2.75, 3.05) is 0 Å². The molecule has 0 radical (unpaired) electrons. The highest BCUT2D eigenvalue weighted by atomic mass is 16.3. The molecule has 0 fully saturated rings. The van der Waals surface area contributed by atoms with Crippen LogP contribution in [-0.2, 0) is 0 Å². The van der Waals surface area contributed by atoms with Crippen molar-refractivity contribution in [1.82, 2.24) is 0 Å². The molecule has 1 aromatic rings. The van der Waals surface area contributed by atoms with Gasteiger partial charge in [0.1, 0.15) is 5.75 Å². The van der Waals surface area contributed by atoms with E-state index in [-0.39, 0.29) is 0 Å². The maximum absolute atomic E-state index is 10.2. The lowest BCUT2D eigenvalue weighted by Gasteiger charge is -2.17. The van der Waals surface area contributed by atoms with E-state index in [4.69, 9.17) is 0 Å². The first-order valence-electron chi connectivity index (χ1n) is 8.84. The average Bonchev–Trinajstić information content (AvgIpc) is 2.47. The standard InChI is InChI=1S/C20H34O/c1-5-6-7-8-9-11-16(2)14-15-17(3)19-13-10-12-18(4)20(19)21/h10,12-13,16-17,21H,5-9,11,14-15H2,1-4H3. The molecule has 1 N–H and O–H groups in total. The zero-order chi connectivity index (χ0) is 15.7. The lowest BCUT2D eigenvalue weighted by atomic mass is 9.89. The Bertz CT molecular complexity index is 397. The fourth-order valence-electron chi connectivity index (χ4n) is 3.01. The van der Waals surface area contributed by atoms with Crippen LogP contribution in [0, 0.1) is 12.8 Å². The van der Waals surface area contributed by atoms with E-state index in [9.17, 15) is 5.11 Å². The van der Waals surface area contributed by atoms with E-state index < -0.39 is 0 Å². The molecule has 120 valence electrons. The molecule has 21 heavy (non-hydrogen) atoms. The molecule has 0 aliphatic carbocycles. The van der Waals surface area contributed by atoms with E-state index >= 15 is 0 Å². The summed E-state index contributed by atoms with van der Waals surface area (Å²) in [7, 11) is 0. The predicted octanol–water partition coefficient (Wildman–Crippen LogP) is 6.58. The van der Waals surface area contributed by atoms with Gasteiger partial charge in [-0.05, 0) is 36.3 Å². The number of phenolic OH excluding ortho intramolecular Hbond substituents is 1. The Kier molecular flexibility index (Phi) is 8.49. The number of aryl methyl sites for hydroxylation is 1. The van der Waals surface area contributed by atoms with E-state index in [1.807, 2.05) is 13.0 Å². The lowest BCUT2D eigenvalue weighted by molar-refractivity contribution is 0.419.